The summed E-state index contributed by atoms with van der Waals surface area (Å²) in [6.45, 7) is 3.74. The standard InChI is InChI=1S/C12H14FN3S/c1-7-6-17-11(15)16-12(7,2)9-5-8(14)3-4-10(9)13/h3-6H,14H2,1-2H3,(H2,15,16)/t12-/m0/s1. The fourth-order valence-electron chi connectivity index (χ4n) is 1.79. The molecule has 0 fully saturated rings. The van der Waals surface area contributed by atoms with Gasteiger partial charge in [0.25, 0.3) is 0 Å². The summed E-state index contributed by atoms with van der Waals surface area (Å²) in [5.41, 5.74) is 12.6. The van der Waals surface area contributed by atoms with E-state index < -0.39 is 5.54 Å². The molecule has 2 rings (SSSR count). The first-order chi connectivity index (χ1) is 7.93. The van der Waals surface area contributed by atoms with E-state index in [1.165, 1.54) is 23.9 Å². The summed E-state index contributed by atoms with van der Waals surface area (Å²) in [6, 6.07) is 4.50. The van der Waals surface area contributed by atoms with E-state index in [0.717, 1.165) is 5.57 Å². The zero-order chi connectivity index (χ0) is 12.6. The third kappa shape index (κ3) is 2.02. The van der Waals surface area contributed by atoms with Gasteiger partial charge >= 0.3 is 0 Å². The Morgan fingerprint density at radius 1 is 1.35 bits per heavy atom. The van der Waals surface area contributed by atoms with Crippen LogP contribution in [-0.2, 0) is 5.54 Å². The number of anilines is 1. The third-order valence-corrected chi connectivity index (χ3v) is 3.78. The van der Waals surface area contributed by atoms with E-state index in [1.807, 2.05) is 19.3 Å². The van der Waals surface area contributed by atoms with E-state index in [-0.39, 0.29) is 5.82 Å². The van der Waals surface area contributed by atoms with Gasteiger partial charge in [-0.3, -0.25) is 0 Å². The summed E-state index contributed by atoms with van der Waals surface area (Å²) in [5.74, 6) is -0.321. The van der Waals surface area contributed by atoms with Crippen LogP contribution in [0.4, 0.5) is 10.1 Å². The Bertz CT molecular complexity index is 524. The van der Waals surface area contributed by atoms with Gasteiger partial charge in [0, 0.05) is 11.3 Å². The summed E-state index contributed by atoms with van der Waals surface area (Å²) < 4.78 is 13.9. The monoisotopic (exact) mass is 251 g/mol. The molecule has 0 aliphatic carbocycles. The normalized spacial score (nSPS) is 24.2. The molecule has 0 spiro atoms. The van der Waals surface area contributed by atoms with Gasteiger partial charge in [0.1, 0.15) is 11.4 Å². The minimum absolute atomic E-state index is 0.321. The van der Waals surface area contributed by atoms with Crippen molar-refractivity contribution in [2.75, 3.05) is 5.73 Å². The lowest BCUT2D eigenvalue weighted by molar-refractivity contribution is 0.526. The summed E-state index contributed by atoms with van der Waals surface area (Å²) >= 11 is 1.35. The number of halogens is 1. The average molecular weight is 251 g/mol. The number of hydrogen-bond donors (Lipinski definition) is 2. The van der Waals surface area contributed by atoms with Crippen molar-refractivity contribution in [2.45, 2.75) is 19.4 Å². The number of thioether (sulfide) groups is 1. The molecule has 1 aromatic carbocycles. The van der Waals surface area contributed by atoms with Gasteiger partial charge in [-0.1, -0.05) is 11.8 Å². The zero-order valence-corrected chi connectivity index (χ0v) is 10.5. The molecule has 1 aliphatic heterocycles. The van der Waals surface area contributed by atoms with Gasteiger partial charge < -0.3 is 11.5 Å². The highest BCUT2D eigenvalue weighted by Crippen LogP contribution is 2.39. The van der Waals surface area contributed by atoms with Crippen LogP contribution in [0.3, 0.4) is 0 Å². The second-order valence-corrected chi connectivity index (χ2v) is 5.07. The van der Waals surface area contributed by atoms with Crippen molar-refractivity contribution in [2.24, 2.45) is 10.7 Å². The molecule has 3 nitrogen and oxygen atoms in total. The molecular weight excluding hydrogens is 237 g/mol. The van der Waals surface area contributed by atoms with E-state index in [4.69, 9.17) is 11.5 Å². The van der Waals surface area contributed by atoms with Crippen molar-refractivity contribution in [1.82, 2.24) is 0 Å². The lowest BCUT2D eigenvalue weighted by atomic mass is 9.86. The molecule has 0 saturated carbocycles. The fourth-order valence-corrected chi connectivity index (χ4v) is 2.55. The van der Waals surface area contributed by atoms with Crippen LogP contribution in [0, 0.1) is 5.82 Å². The Balaban J connectivity index is 2.61. The molecule has 1 atom stereocenters. The number of nitrogen functional groups attached to an aromatic ring is 1. The molecule has 0 unspecified atom stereocenters. The van der Waals surface area contributed by atoms with Crippen molar-refractivity contribution < 1.29 is 4.39 Å². The first-order valence-electron chi connectivity index (χ1n) is 5.18. The predicted octanol–water partition coefficient (Wildman–Crippen LogP) is 2.59. The third-order valence-electron chi connectivity index (χ3n) is 2.97. The van der Waals surface area contributed by atoms with Crippen LogP contribution < -0.4 is 11.5 Å². The maximum atomic E-state index is 13.9. The molecule has 0 saturated heterocycles. The summed E-state index contributed by atoms with van der Waals surface area (Å²) in [4.78, 5) is 4.36. The van der Waals surface area contributed by atoms with E-state index in [1.54, 1.807) is 6.07 Å². The van der Waals surface area contributed by atoms with Crippen LogP contribution in [0.1, 0.15) is 19.4 Å². The van der Waals surface area contributed by atoms with Gasteiger partial charge in [0.05, 0.1) is 0 Å². The molecule has 0 radical (unpaired) electrons. The largest absolute Gasteiger partial charge is 0.399 e. The van der Waals surface area contributed by atoms with Gasteiger partial charge in [0.2, 0.25) is 0 Å². The minimum Gasteiger partial charge on any atom is -0.399 e. The maximum absolute atomic E-state index is 13.9. The molecule has 0 aromatic heterocycles. The van der Waals surface area contributed by atoms with E-state index >= 15 is 0 Å². The molecule has 0 amide bonds. The minimum atomic E-state index is -0.769. The van der Waals surface area contributed by atoms with Crippen molar-refractivity contribution in [3.63, 3.8) is 0 Å². The molecule has 5 heteroatoms. The molecule has 4 N–H and O–H groups in total. The number of hydrogen-bond acceptors (Lipinski definition) is 4. The van der Waals surface area contributed by atoms with Crippen LogP contribution in [-0.4, -0.2) is 5.17 Å². The molecule has 0 bridgehead atoms. The zero-order valence-electron chi connectivity index (χ0n) is 9.70. The number of nitrogens with two attached hydrogens (primary N) is 2. The molecule has 90 valence electrons. The van der Waals surface area contributed by atoms with E-state index in [9.17, 15) is 4.39 Å². The highest BCUT2D eigenvalue weighted by Gasteiger charge is 2.33. The molecule has 1 heterocycles. The quantitative estimate of drug-likeness (QED) is 0.754. The number of aliphatic imine (C=N–C) groups is 1. The predicted molar refractivity (Wildman–Crippen MR) is 71.1 cm³/mol. The van der Waals surface area contributed by atoms with E-state index in [0.29, 0.717) is 16.4 Å². The van der Waals surface area contributed by atoms with Gasteiger partial charge in [0.15, 0.2) is 5.17 Å². The second kappa shape index (κ2) is 4.07. The smallest absolute Gasteiger partial charge is 0.159 e. The van der Waals surface area contributed by atoms with Gasteiger partial charge in [-0.15, -0.1) is 0 Å². The SMILES string of the molecule is CC1=CSC(N)=N[C@]1(C)c1cc(N)ccc1F. The second-order valence-electron chi connectivity index (χ2n) is 4.18. The number of rotatable bonds is 1. The van der Waals surface area contributed by atoms with Crippen LogP contribution in [0.25, 0.3) is 0 Å². The first-order valence-corrected chi connectivity index (χ1v) is 6.06. The van der Waals surface area contributed by atoms with Gasteiger partial charge in [-0.2, -0.15) is 0 Å². The molecule has 1 aliphatic rings. The summed E-state index contributed by atoms with van der Waals surface area (Å²) in [5, 5.41) is 2.32. The van der Waals surface area contributed by atoms with Crippen LogP contribution in [0.15, 0.2) is 34.2 Å². The van der Waals surface area contributed by atoms with Gasteiger partial charge in [-0.05, 0) is 43.0 Å². The lowest BCUT2D eigenvalue weighted by Gasteiger charge is -2.30. The summed E-state index contributed by atoms with van der Waals surface area (Å²) in [6.07, 6.45) is 0. The average Bonchev–Trinajstić information content (AvgIpc) is 2.27. The van der Waals surface area contributed by atoms with Crippen molar-refractivity contribution in [1.29, 1.82) is 0 Å². The Labute approximate surface area is 104 Å². The highest BCUT2D eigenvalue weighted by atomic mass is 32.2. The Morgan fingerprint density at radius 3 is 2.76 bits per heavy atom. The summed E-state index contributed by atoms with van der Waals surface area (Å²) in [7, 11) is 0. The van der Waals surface area contributed by atoms with Crippen molar-refractivity contribution in [3.05, 3.63) is 40.6 Å². The van der Waals surface area contributed by atoms with Crippen molar-refractivity contribution >= 4 is 22.6 Å². The van der Waals surface area contributed by atoms with Gasteiger partial charge in [-0.25, -0.2) is 9.38 Å². The first kappa shape index (κ1) is 12.0. The molecule has 17 heavy (non-hydrogen) atoms. The number of nitrogens with zero attached hydrogens (tertiary/aromatic N) is 1. The number of benzene rings is 1. The Morgan fingerprint density at radius 2 is 2.06 bits per heavy atom. The van der Waals surface area contributed by atoms with E-state index in [2.05, 4.69) is 4.99 Å². The number of amidine groups is 1. The maximum Gasteiger partial charge on any atom is 0.159 e. The van der Waals surface area contributed by atoms with Crippen LogP contribution in [0.2, 0.25) is 0 Å². The van der Waals surface area contributed by atoms with Crippen molar-refractivity contribution in [3.8, 4) is 0 Å². The molecule has 1 aromatic rings. The topological polar surface area (TPSA) is 64.4 Å². The van der Waals surface area contributed by atoms with Crippen LogP contribution >= 0.6 is 11.8 Å². The Kier molecular flexibility index (Phi) is 2.87. The Hall–Kier alpha value is -1.49. The molecular formula is C12H14FN3S. The van der Waals surface area contributed by atoms with Crippen LogP contribution in [0.5, 0.6) is 0 Å². The fraction of sp³-hybridized carbons (Fsp3) is 0.250. The highest BCUT2D eigenvalue weighted by molar-refractivity contribution is 8.16. The lowest BCUT2D eigenvalue weighted by Crippen LogP contribution is -2.28.